The molecule has 0 amide bonds. The fourth-order valence-corrected chi connectivity index (χ4v) is 7.17. The van der Waals surface area contributed by atoms with Crippen LogP contribution in [0.5, 0.6) is 0 Å². The van der Waals surface area contributed by atoms with Crippen molar-refractivity contribution in [2.75, 3.05) is 13.1 Å². The molecule has 49 heavy (non-hydrogen) atoms. The lowest BCUT2D eigenvalue weighted by molar-refractivity contribution is -0.120. The van der Waals surface area contributed by atoms with Crippen molar-refractivity contribution in [3.05, 3.63) is 12.7 Å². The van der Waals surface area contributed by atoms with Gasteiger partial charge in [-0.2, -0.15) is 0 Å². The average molecular weight is 690 g/mol. The van der Waals surface area contributed by atoms with E-state index in [1.807, 2.05) is 0 Å². The van der Waals surface area contributed by atoms with Crippen LogP contribution >= 0.6 is 0 Å². The minimum atomic E-state index is 0.504. The highest BCUT2D eigenvalue weighted by Crippen LogP contribution is 2.22. The molecule has 0 aliphatic heterocycles. The molecule has 0 saturated carbocycles. The van der Waals surface area contributed by atoms with Gasteiger partial charge in [-0.3, -0.25) is 4.79 Å². The predicted molar refractivity (Wildman–Crippen MR) is 225 cm³/mol. The Balaban J connectivity index is 0. The van der Waals surface area contributed by atoms with Gasteiger partial charge in [-0.15, -0.1) is 6.58 Å². The molecule has 0 saturated heterocycles. The van der Waals surface area contributed by atoms with Gasteiger partial charge in [0, 0.05) is 12.8 Å². The van der Waals surface area contributed by atoms with Crippen molar-refractivity contribution in [3.8, 4) is 0 Å². The lowest BCUT2D eigenvalue weighted by Crippen LogP contribution is -2.16. The van der Waals surface area contributed by atoms with Crippen LogP contribution in [0, 0.1) is 11.8 Å². The van der Waals surface area contributed by atoms with Crippen LogP contribution in [0.3, 0.4) is 0 Å². The highest BCUT2D eigenvalue weighted by atomic mass is 16.1. The van der Waals surface area contributed by atoms with E-state index in [-0.39, 0.29) is 0 Å². The van der Waals surface area contributed by atoms with E-state index in [1.165, 1.54) is 219 Å². The van der Waals surface area contributed by atoms with Crippen molar-refractivity contribution in [2.24, 2.45) is 11.8 Å². The number of nitrogens with one attached hydrogen (secondary N) is 1. The van der Waals surface area contributed by atoms with Crippen LogP contribution in [0.4, 0.5) is 0 Å². The molecular weight excluding hydrogens is 595 g/mol. The molecule has 0 fully saturated rings. The highest BCUT2D eigenvalue weighted by Gasteiger charge is 2.09. The van der Waals surface area contributed by atoms with Gasteiger partial charge in [0.1, 0.15) is 5.78 Å². The Morgan fingerprint density at radius 1 is 0.490 bits per heavy atom. The third-order valence-corrected chi connectivity index (χ3v) is 10.6. The van der Waals surface area contributed by atoms with Gasteiger partial charge in [0.05, 0.1) is 0 Å². The van der Waals surface area contributed by atoms with Crippen LogP contribution in [-0.4, -0.2) is 18.9 Å². The fourth-order valence-electron chi connectivity index (χ4n) is 7.17. The van der Waals surface area contributed by atoms with Crippen LogP contribution in [0.25, 0.3) is 0 Å². The summed E-state index contributed by atoms with van der Waals surface area (Å²) >= 11 is 0. The molecule has 0 heterocycles. The Labute approximate surface area is 312 Å². The first-order valence-corrected chi connectivity index (χ1v) is 22.9. The van der Waals surface area contributed by atoms with E-state index in [0.717, 1.165) is 25.2 Å². The fraction of sp³-hybridized carbons (Fsp3) is 0.936. The second-order valence-electron chi connectivity index (χ2n) is 15.9. The normalized spacial score (nSPS) is 11.9. The van der Waals surface area contributed by atoms with E-state index in [4.69, 9.17) is 0 Å². The zero-order valence-electron chi connectivity index (χ0n) is 35.0. The maximum atomic E-state index is 12.1. The lowest BCUT2D eigenvalue weighted by atomic mass is 9.91. The van der Waals surface area contributed by atoms with E-state index >= 15 is 0 Å². The predicted octanol–water partition coefficient (Wildman–Crippen LogP) is 16.3. The van der Waals surface area contributed by atoms with Gasteiger partial charge in [0.25, 0.3) is 0 Å². The Kier molecular flexibility index (Phi) is 46.8. The van der Waals surface area contributed by atoms with E-state index in [9.17, 15) is 4.79 Å². The van der Waals surface area contributed by atoms with Crippen LogP contribution in [0.1, 0.15) is 259 Å². The summed E-state index contributed by atoms with van der Waals surface area (Å²) in [7, 11) is 0. The van der Waals surface area contributed by atoms with E-state index in [0.29, 0.717) is 11.7 Å². The third kappa shape index (κ3) is 45.3. The summed E-state index contributed by atoms with van der Waals surface area (Å²) in [6, 6.07) is 0. The number of unbranched alkanes of at least 4 members (excludes halogenated alkanes) is 24. The first-order chi connectivity index (χ1) is 24.0. The number of Topliss-reactive ketones (excluding diaryl/α,β-unsaturated/α-hetero) is 1. The van der Waals surface area contributed by atoms with Gasteiger partial charge in [-0.05, 0) is 50.6 Å². The van der Waals surface area contributed by atoms with E-state index in [2.05, 4.69) is 52.6 Å². The lowest BCUT2D eigenvalue weighted by Gasteiger charge is -2.15. The van der Waals surface area contributed by atoms with Gasteiger partial charge >= 0.3 is 0 Å². The molecule has 0 radical (unpaired) electrons. The molecule has 0 aromatic heterocycles. The van der Waals surface area contributed by atoms with Crippen molar-refractivity contribution >= 4 is 5.78 Å². The molecule has 0 aromatic carbocycles. The van der Waals surface area contributed by atoms with Gasteiger partial charge in [-0.1, -0.05) is 227 Å². The summed E-state index contributed by atoms with van der Waals surface area (Å²) in [5.41, 5.74) is 0. The SMILES string of the molecule is C=CCC(CCCCCCCC)CCCCCCCC.CCCCCCCCNCCCCCCCC(=O)CC(C)CCCCCCCC. The molecule has 0 aromatic rings. The Morgan fingerprint density at radius 2 is 0.837 bits per heavy atom. The summed E-state index contributed by atoms with van der Waals surface area (Å²) in [6.07, 6.45) is 48.9. The maximum absolute atomic E-state index is 12.1. The number of allylic oxidation sites excluding steroid dienone is 1. The first-order valence-electron chi connectivity index (χ1n) is 22.9. The Morgan fingerprint density at radius 3 is 1.24 bits per heavy atom. The van der Waals surface area contributed by atoms with Crippen molar-refractivity contribution < 1.29 is 4.79 Å². The Bertz CT molecular complexity index is 599. The second-order valence-corrected chi connectivity index (χ2v) is 15.9. The second kappa shape index (κ2) is 45.4. The monoisotopic (exact) mass is 690 g/mol. The van der Waals surface area contributed by atoms with Crippen molar-refractivity contribution in [1.82, 2.24) is 5.32 Å². The molecule has 294 valence electrons. The number of ketones is 1. The van der Waals surface area contributed by atoms with Crippen molar-refractivity contribution in [1.29, 1.82) is 0 Å². The van der Waals surface area contributed by atoms with Gasteiger partial charge in [0.2, 0.25) is 0 Å². The Hall–Kier alpha value is -0.630. The van der Waals surface area contributed by atoms with Crippen LogP contribution in [-0.2, 0) is 4.79 Å². The minimum Gasteiger partial charge on any atom is -0.317 e. The van der Waals surface area contributed by atoms with Crippen molar-refractivity contribution in [2.45, 2.75) is 259 Å². The van der Waals surface area contributed by atoms with Gasteiger partial charge < -0.3 is 5.32 Å². The third-order valence-electron chi connectivity index (χ3n) is 10.6. The maximum Gasteiger partial charge on any atom is 0.133 e. The topological polar surface area (TPSA) is 29.1 Å². The molecule has 0 aliphatic carbocycles. The van der Waals surface area contributed by atoms with E-state index in [1.54, 1.807) is 0 Å². The molecule has 1 unspecified atom stereocenters. The first kappa shape index (κ1) is 50.5. The molecule has 1 N–H and O–H groups in total. The molecule has 0 spiro atoms. The van der Waals surface area contributed by atoms with Crippen LogP contribution < -0.4 is 5.32 Å². The minimum absolute atomic E-state index is 0.504. The quantitative estimate of drug-likeness (QED) is 0.0512. The highest BCUT2D eigenvalue weighted by molar-refractivity contribution is 5.78. The summed E-state index contributed by atoms with van der Waals surface area (Å²) in [6.45, 7) is 17.7. The summed E-state index contributed by atoms with van der Waals surface area (Å²) in [5.74, 6) is 2.01. The smallest absolute Gasteiger partial charge is 0.133 e. The number of hydrogen-bond donors (Lipinski definition) is 1. The molecule has 0 rings (SSSR count). The summed E-state index contributed by atoms with van der Waals surface area (Å²) < 4.78 is 0. The standard InChI is InChI=1S/C27H55NO.C20H40/c1-4-6-8-10-13-17-21-26(3)25-27(29)22-18-14-12-16-20-24-28-23-19-15-11-9-7-5-2;1-4-7-9-11-13-15-18-20(17-6-3)19-16-14-12-10-8-5-2/h26,28H,4-25H2,1-3H3;6,20H,3-5,7-19H2,1-2H3. The molecule has 0 aliphatic rings. The van der Waals surface area contributed by atoms with Crippen LogP contribution in [0.2, 0.25) is 0 Å². The molecular formula is C47H95NO. The van der Waals surface area contributed by atoms with E-state index < -0.39 is 0 Å². The van der Waals surface area contributed by atoms with Gasteiger partial charge in [-0.25, -0.2) is 0 Å². The molecule has 2 heteroatoms. The molecule has 0 bridgehead atoms. The molecule has 1 atom stereocenters. The molecule has 2 nitrogen and oxygen atoms in total. The number of carbonyl (C=O) groups excluding carboxylic acids is 1. The largest absolute Gasteiger partial charge is 0.317 e. The number of rotatable bonds is 40. The van der Waals surface area contributed by atoms with Crippen molar-refractivity contribution in [3.63, 3.8) is 0 Å². The number of hydrogen-bond acceptors (Lipinski definition) is 2. The summed E-state index contributed by atoms with van der Waals surface area (Å²) in [4.78, 5) is 12.1. The number of carbonyl (C=O) groups is 1. The zero-order chi connectivity index (χ0) is 36.3. The zero-order valence-corrected chi connectivity index (χ0v) is 35.0. The average Bonchev–Trinajstić information content (AvgIpc) is 3.09. The summed E-state index contributed by atoms with van der Waals surface area (Å²) in [5, 5.41) is 3.58. The van der Waals surface area contributed by atoms with Gasteiger partial charge in [0.15, 0.2) is 0 Å². The van der Waals surface area contributed by atoms with Crippen LogP contribution in [0.15, 0.2) is 12.7 Å².